The highest BCUT2D eigenvalue weighted by Crippen LogP contribution is 2.36. The predicted molar refractivity (Wildman–Crippen MR) is 73.8 cm³/mol. The van der Waals surface area contributed by atoms with Crippen LogP contribution in [0.2, 0.25) is 0 Å². The SMILES string of the molecule is Cc1cc(O[C@@H]2C[C@H]3CC[C@@H](C2)N3C)ccc1N. The molecule has 1 aromatic carbocycles. The minimum Gasteiger partial charge on any atom is -0.490 e. The first-order valence-electron chi connectivity index (χ1n) is 6.88. The summed E-state index contributed by atoms with van der Waals surface area (Å²) in [5.74, 6) is 0.968. The second-order valence-electron chi connectivity index (χ2n) is 5.78. The molecule has 3 heteroatoms. The quantitative estimate of drug-likeness (QED) is 0.815. The summed E-state index contributed by atoms with van der Waals surface area (Å²) in [5.41, 5.74) is 7.77. The van der Waals surface area contributed by atoms with E-state index in [1.165, 1.54) is 12.8 Å². The van der Waals surface area contributed by atoms with Crippen molar-refractivity contribution in [2.45, 2.75) is 50.8 Å². The third-order valence-electron chi connectivity index (χ3n) is 4.60. The zero-order valence-corrected chi connectivity index (χ0v) is 11.2. The van der Waals surface area contributed by atoms with Crippen LogP contribution >= 0.6 is 0 Å². The average molecular weight is 246 g/mol. The summed E-state index contributed by atoms with van der Waals surface area (Å²) in [6.45, 7) is 2.03. The highest BCUT2D eigenvalue weighted by atomic mass is 16.5. The molecule has 1 aromatic rings. The number of anilines is 1. The van der Waals surface area contributed by atoms with Crippen LogP contribution in [-0.2, 0) is 0 Å². The first-order valence-corrected chi connectivity index (χ1v) is 6.88. The Kier molecular flexibility index (Phi) is 2.94. The van der Waals surface area contributed by atoms with E-state index < -0.39 is 0 Å². The van der Waals surface area contributed by atoms with Gasteiger partial charge in [0.25, 0.3) is 0 Å². The Morgan fingerprint density at radius 2 is 1.89 bits per heavy atom. The summed E-state index contributed by atoms with van der Waals surface area (Å²) in [6, 6.07) is 7.43. The maximum atomic E-state index is 6.14. The standard InChI is InChI=1S/C15H22N2O/c1-10-7-13(5-6-15(10)16)18-14-8-11-3-4-12(9-14)17(11)2/h5-7,11-12,14H,3-4,8-9,16H2,1-2H3/t11-,12+,14-. The molecule has 0 unspecified atom stereocenters. The molecule has 3 rings (SSSR count). The van der Waals surface area contributed by atoms with Crippen LogP contribution in [0.5, 0.6) is 5.75 Å². The van der Waals surface area contributed by atoms with Gasteiger partial charge in [-0.15, -0.1) is 0 Å². The number of hydrogen-bond donors (Lipinski definition) is 1. The molecule has 2 saturated heterocycles. The highest BCUT2D eigenvalue weighted by molar-refractivity contribution is 5.49. The van der Waals surface area contributed by atoms with Crippen molar-refractivity contribution in [2.24, 2.45) is 0 Å². The van der Waals surface area contributed by atoms with Crippen LogP contribution < -0.4 is 10.5 Å². The molecule has 18 heavy (non-hydrogen) atoms. The number of piperidine rings is 1. The third-order valence-corrected chi connectivity index (χ3v) is 4.60. The van der Waals surface area contributed by atoms with Gasteiger partial charge < -0.3 is 15.4 Å². The van der Waals surface area contributed by atoms with Crippen molar-refractivity contribution in [3.05, 3.63) is 23.8 Å². The van der Waals surface area contributed by atoms with Crippen LogP contribution in [0.15, 0.2) is 18.2 Å². The van der Waals surface area contributed by atoms with Crippen molar-refractivity contribution in [2.75, 3.05) is 12.8 Å². The van der Waals surface area contributed by atoms with Crippen LogP contribution in [-0.4, -0.2) is 30.1 Å². The fourth-order valence-corrected chi connectivity index (χ4v) is 3.37. The van der Waals surface area contributed by atoms with Gasteiger partial charge in [-0.1, -0.05) is 0 Å². The number of fused-ring (bicyclic) bond motifs is 2. The lowest BCUT2D eigenvalue weighted by atomic mass is 10.0. The maximum Gasteiger partial charge on any atom is 0.120 e. The molecular weight excluding hydrogens is 224 g/mol. The molecule has 0 aliphatic carbocycles. The van der Waals surface area contributed by atoms with Crippen molar-refractivity contribution < 1.29 is 4.74 Å². The molecule has 0 saturated carbocycles. The van der Waals surface area contributed by atoms with Gasteiger partial charge >= 0.3 is 0 Å². The normalized spacial score (nSPS) is 31.6. The monoisotopic (exact) mass is 246 g/mol. The largest absolute Gasteiger partial charge is 0.490 e. The van der Waals surface area contributed by atoms with Crippen molar-refractivity contribution in [1.29, 1.82) is 0 Å². The average Bonchev–Trinajstić information content (AvgIpc) is 2.58. The molecule has 0 aromatic heterocycles. The molecule has 3 atom stereocenters. The van der Waals surface area contributed by atoms with E-state index in [2.05, 4.69) is 18.0 Å². The molecule has 0 spiro atoms. The van der Waals surface area contributed by atoms with Gasteiger partial charge in [-0.05, 0) is 63.4 Å². The van der Waals surface area contributed by atoms with Crippen LogP contribution in [0.4, 0.5) is 5.69 Å². The third kappa shape index (κ3) is 2.07. The zero-order chi connectivity index (χ0) is 12.7. The number of nitrogen functional groups attached to an aromatic ring is 1. The van der Waals surface area contributed by atoms with E-state index in [9.17, 15) is 0 Å². The summed E-state index contributed by atoms with van der Waals surface area (Å²) >= 11 is 0. The summed E-state index contributed by atoms with van der Waals surface area (Å²) < 4.78 is 6.14. The van der Waals surface area contributed by atoms with Gasteiger partial charge in [0.15, 0.2) is 0 Å². The fourth-order valence-electron chi connectivity index (χ4n) is 3.37. The van der Waals surface area contributed by atoms with Crippen LogP contribution in [0.1, 0.15) is 31.2 Å². The second-order valence-corrected chi connectivity index (χ2v) is 5.78. The zero-order valence-electron chi connectivity index (χ0n) is 11.2. The lowest BCUT2D eigenvalue weighted by Gasteiger charge is -2.36. The van der Waals surface area contributed by atoms with Crippen LogP contribution in [0, 0.1) is 6.92 Å². The summed E-state index contributed by atoms with van der Waals surface area (Å²) in [5, 5.41) is 0. The van der Waals surface area contributed by atoms with Gasteiger partial charge in [-0.3, -0.25) is 0 Å². The molecule has 2 bridgehead atoms. The van der Waals surface area contributed by atoms with E-state index in [-0.39, 0.29) is 0 Å². The lowest BCUT2D eigenvalue weighted by molar-refractivity contribution is 0.0661. The van der Waals surface area contributed by atoms with E-state index in [1.54, 1.807) is 0 Å². The predicted octanol–water partition coefficient (Wildman–Crippen LogP) is 2.58. The van der Waals surface area contributed by atoms with Gasteiger partial charge in [0.2, 0.25) is 0 Å². The Hall–Kier alpha value is -1.22. The maximum absolute atomic E-state index is 6.14. The number of aryl methyl sites for hydroxylation is 1. The van der Waals surface area contributed by atoms with Gasteiger partial charge in [0.05, 0.1) is 0 Å². The first kappa shape index (κ1) is 11.8. The van der Waals surface area contributed by atoms with E-state index in [0.717, 1.165) is 41.9 Å². The van der Waals surface area contributed by atoms with Gasteiger partial charge in [0.1, 0.15) is 11.9 Å². The minimum absolute atomic E-state index is 0.377. The molecule has 0 radical (unpaired) electrons. The molecule has 2 aliphatic rings. The molecule has 2 heterocycles. The Balaban J connectivity index is 1.68. The minimum atomic E-state index is 0.377. The van der Waals surface area contributed by atoms with Gasteiger partial charge in [-0.25, -0.2) is 0 Å². The molecular formula is C15H22N2O. The lowest BCUT2D eigenvalue weighted by Crippen LogP contribution is -2.43. The molecule has 2 N–H and O–H groups in total. The van der Waals surface area contributed by atoms with E-state index in [1.807, 2.05) is 19.1 Å². The second kappa shape index (κ2) is 4.47. The smallest absolute Gasteiger partial charge is 0.120 e. The van der Waals surface area contributed by atoms with Gasteiger partial charge in [0, 0.05) is 17.8 Å². The molecule has 98 valence electrons. The Bertz CT molecular complexity index is 432. The summed E-state index contributed by atoms with van der Waals surface area (Å²) in [4.78, 5) is 2.54. The topological polar surface area (TPSA) is 38.5 Å². The van der Waals surface area contributed by atoms with Crippen molar-refractivity contribution in [3.8, 4) is 5.75 Å². The Morgan fingerprint density at radius 3 is 2.50 bits per heavy atom. The fraction of sp³-hybridized carbons (Fsp3) is 0.600. The van der Waals surface area contributed by atoms with Gasteiger partial charge in [-0.2, -0.15) is 0 Å². The first-order chi connectivity index (χ1) is 8.63. The van der Waals surface area contributed by atoms with E-state index in [0.29, 0.717) is 6.10 Å². The van der Waals surface area contributed by atoms with E-state index in [4.69, 9.17) is 10.5 Å². The summed E-state index contributed by atoms with van der Waals surface area (Å²) in [6.07, 6.45) is 5.37. The number of nitrogens with two attached hydrogens (primary N) is 1. The number of benzene rings is 1. The van der Waals surface area contributed by atoms with Crippen molar-refractivity contribution >= 4 is 5.69 Å². The number of nitrogens with zero attached hydrogens (tertiary/aromatic N) is 1. The molecule has 0 amide bonds. The van der Waals surface area contributed by atoms with Crippen molar-refractivity contribution in [3.63, 3.8) is 0 Å². The Labute approximate surface area is 109 Å². The number of ether oxygens (including phenoxy) is 1. The highest BCUT2D eigenvalue weighted by Gasteiger charge is 2.39. The Morgan fingerprint density at radius 1 is 1.22 bits per heavy atom. The van der Waals surface area contributed by atoms with Crippen LogP contribution in [0.3, 0.4) is 0 Å². The van der Waals surface area contributed by atoms with Crippen LogP contribution in [0.25, 0.3) is 0 Å². The molecule has 3 nitrogen and oxygen atoms in total. The van der Waals surface area contributed by atoms with Crippen molar-refractivity contribution in [1.82, 2.24) is 4.90 Å². The summed E-state index contributed by atoms with van der Waals surface area (Å²) in [7, 11) is 2.26. The van der Waals surface area contributed by atoms with E-state index >= 15 is 0 Å². The molecule has 2 aliphatic heterocycles. The molecule has 2 fully saturated rings. The number of rotatable bonds is 2. The number of hydrogen-bond acceptors (Lipinski definition) is 3.